The molecule has 0 atom stereocenters. The Kier molecular flexibility index (Phi) is 4.48. The molecule has 0 radical (unpaired) electrons. The van der Waals surface area contributed by atoms with Crippen LogP contribution in [0.3, 0.4) is 0 Å². The van der Waals surface area contributed by atoms with E-state index in [1.165, 1.54) is 4.90 Å². The van der Waals surface area contributed by atoms with E-state index in [1.807, 2.05) is 42.5 Å². The van der Waals surface area contributed by atoms with Crippen LogP contribution in [-0.4, -0.2) is 22.6 Å². The highest BCUT2D eigenvalue weighted by molar-refractivity contribution is 8.18. The van der Waals surface area contributed by atoms with Crippen molar-refractivity contribution in [2.24, 2.45) is 0 Å². The van der Waals surface area contributed by atoms with Gasteiger partial charge in [-0.15, -0.1) is 0 Å². The molecule has 23 heavy (non-hydrogen) atoms. The number of nitrogen functional groups attached to an aromatic ring is 1. The van der Waals surface area contributed by atoms with Crippen LogP contribution < -0.4 is 5.73 Å². The molecular weight excluding hydrogens is 308 g/mol. The Hall–Kier alpha value is -2.53. The van der Waals surface area contributed by atoms with Crippen molar-refractivity contribution in [3.8, 4) is 0 Å². The zero-order valence-corrected chi connectivity index (χ0v) is 13.3. The van der Waals surface area contributed by atoms with E-state index in [1.54, 1.807) is 18.2 Å². The maximum atomic E-state index is 12.4. The molecule has 2 aromatic rings. The highest BCUT2D eigenvalue weighted by atomic mass is 32.2. The fraction of sp³-hybridized carbons (Fsp3) is 0.111. The summed E-state index contributed by atoms with van der Waals surface area (Å²) >= 11 is 0.975. The minimum absolute atomic E-state index is 0.221. The fourth-order valence-corrected chi connectivity index (χ4v) is 3.24. The largest absolute Gasteiger partial charge is 0.399 e. The number of nitrogens with two attached hydrogens (primary N) is 1. The summed E-state index contributed by atoms with van der Waals surface area (Å²) in [6.45, 7) is 0.392. The van der Waals surface area contributed by atoms with Gasteiger partial charge in [0.25, 0.3) is 11.1 Å². The molecule has 2 N–H and O–H groups in total. The first-order valence-corrected chi connectivity index (χ1v) is 8.10. The van der Waals surface area contributed by atoms with E-state index in [0.717, 1.165) is 22.9 Å². The lowest BCUT2D eigenvalue weighted by Gasteiger charge is -2.12. The summed E-state index contributed by atoms with van der Waals surface area (Å²) in [7, 11) is 0. The topological polar surface area (TPSA) is 63.4 Å². The van der Waals surface area contributed by atoms with Gasteiger partial charge in [-0.3, -0.25) is 14.5 Å². The molecule has 1 saturated heterocycles. The molecule has 1 aliphatic rings. The second-order valence-electron chi connectivity index (χ2n) is 5.24. The van der Waals surface area contributed by atoms with Crippen molar-refractivity contribution in [2.75, 3.05) is 12.3 Å². The third-order valence-corrected chi connectivity index (χ3v) is 4.46. The van der Waals surface area contributed by atoms with Crippen molar-refractivity contribution < 1.29 is 9.59 Å². The molecule has 0 spiro atoms. The number of carbonyl (C=O) groups is 2. The number of benzene rings is 2. The van der Waals surface area contributed by atoms with Gasteiger partial charge in [-0.2, -0.15) is 0 Å². The number of nitrogens with zero attached hydrogens (tertiary/aromatic N) is 1. The van der Waals surface area contributed by atoms with Gasteiger partial charge < -0.3 is 5.73 Å². The van der Waals surface area contributed by atoms with Gasteiger partial charge in [0.15, 0.2) is 0 Å². The smallest absolute Gasteiger partial charge is 0.293 e. The normalized spacial score (nSPS) is 16.3. The molecule has 2 aromatic carbocycles. The minimum atomic E-state index is -0.238. The summed E-state index contributed by atoms with van der Waals surface area (Å²) < 4.78 is 0. The van der Waals surface area contributed by atoms with Crippen LogP contribution in [0.4, 0.5) is 10.5 Å². The third-order valence-electron chi connectivity index (χ3n) is 3.55. The first-order chi connectivity index (χ1) is 11.1. The van der Waals surface area contributed by atoms with Gasteiger partial charge >= 0.3 is 0 Å². The van der Waals surface area contributed by atoms with Crippen LogP contribution in [0, 0.1) is 0 Å². The first kappa shape index (κ1) is 15.4. The van der Waals surface area contributed by atoms with E-state index in [9.17, 15) is 9.59 Å². The fourth-order valence-electron chi connectivity index (χ4n) is 2.38. The monoisotopic (exact) mass is 324 g/mol. The molecule has 0 unspecified atom stereocenters. The van der Waals surface area contributed by atoms with Gasteiger partial charge in [0.1, 0.15) is 0 Å². The molecule has 4 nitrogen and oxygen atoms in total. The lowest BCUT2D eigenvalue weighted by molar-refractivity contribution is -0.122. The second-order valence-corrected chi connectivity index (χ2v) is 6.23. The van der Waals surface area contributed by atoms with E-state index in [-0.39, 0.29) is 11.1 Å². The number of amides is 2. The zero-order valence-electron chi connectivity index (χ0n) is 12.4. The number of rotatable bonds is 4. The molecule has 0 bridgehead atoms. The van der Waals surface area contributed by atoms with Crippen LogP contribution in [0.1, 0.15) is 11.1 Å². The van der Waals surface area contributed by atoms with Crippen molar-refractivity contribution in [2.45, 2.75) is 6.42 Å². The number of hydrogen-bond donors (Lipinski definition) is 1. The summed E-state index contributed by atoms with van der Waals surface area (Å²) in [6, 6.07) is 17.0. The van der Waals surface area contributed by atoms with Gasteiger partial charge in [-0.1, -0.05) is 42.5 Å². The maximum Gasteiger partial charge on any atom is 0.293 e. The molecule has 0 aromatic heterocycles. The first-order valence-electron chi connectivity index (χ1n) is 7.28. The molecule has 116 valence electrons. The molecule has 1 fully saturated rings. The summed E-state index contributed by atoms with van der Waals surface area (Å²) in [4.78, 5) is 26.2. The van der Waals surface area contributed by atoms with E-state index in [2.05, 4.69) is 0 Å². The average molecular weight is 324 g/mol. The van der Waals surface area contributed by atoms with Crippen molar-refractivity contribution in [3.63, 3.8) is 0 Å². The molecule has 3 rings (SSSR count). The van der Waals surface area contributed by atoms with Crippen molar-refractivity contribution in [3.05, 3.63) is 70.6 Å². The Morgan fingerprint density at radius 1 is 1.04 bits per heavy atom. The van der Waals surface area contributed by atoms with Crippen LogP contribution in [0.5, 0.6) is 0 Å². The highest BCUT2D eigenvalue weighted by Crippen LogP contribution is 2.32. The van der Waals surface area contributed by atoms with Crippen LogP contribution in [0.25, 0.3) is 6.08 Å². The Balaban J connectivity index is 1.72. The standard InChI is InChI=1S/C18H16N2O2S/c19-15-8-4-7-14(11-15)12-16-17(21)20(18(22)23-16)10-9-13-5-2-1-3-6-13/h1-8,11-12H,9-10,19H2/b16-12-. The van der Waals surface area contributed by atoms with Crippen molar-refractivity contribution >= 4 is 34.7 Å². The maximum absolute atomic E-state index is 12.4. The van der Waals surface area contributed by atoms with E-state index in [4.69, 9.17) is 5.73 Å². The van der Waals surface area contributed by atoms with Crippen LogP contribution in [0.2, 0.25) is 0 Å². The molecule has 5 heteroatoms. The van der Waals surface area contributed by atoms with Crippen molar-refractivity contribution in [1.82, 2.24) is 4.90 Å². The second kappa shape index (κ2) is 6.71. The number of anilines is 1. The van der Waals surface area contributed by atoms with Crippen molar-refractivity contribution in [1.29, 1.82) is 0 Å². The molecule has 1 aliphatic heterocycles. The Bertz CT molecular complexity index is 772. The van der Waals surface area contributed by atoms with Gasteiger partial charge in [-0.25, -0.2) is 0 Å². The summed E-state index contributed by atoms with van der Waals surface area (Å²) in [5.74, 6) is -0.238. The number of carbonyl (C=O) groups excluding carboxylic acids is 2. The zero-order chi connectivity index (χ0) is 16.2. The van der Waals surface area contributed by atoms with E-state index >= 15 is 0 Å². The number of hydrogen-bond acceptors (Lipinski definition) is 4. The lowest BCUT2D eigenvalue weighted by atomic mass is 10.1. The Morgan fingerprint density at radius 3 is 2.57 bits per heavy atom. The van der Waals surface area contributed by atoms with Gasteiger partial charge in [0.2, 0.25) is 0 Å². The minimum Gasteiger partial charge on any atom is -0.399 e. The molecule has 2 amide bonds. The third kappa shape index (κ3) is 3.63. The SMILES string of the molecule is Nc1cccc(/C=C2\SC(=O)N(CCc3ccccc3)C2=O)c1. The highest BCUT2D eigenvalue weighted by Gasteiger charge is 2.34. The average Bonchev–Trinajstić information content (AvgIpc) is 2.80. The predicted molar refractivity (Wildman–Crippen MR) is 93.7 cm³/mol. The van der Waals surface area contributed by atoms with E-state index in [0.29, 0.717) is 23.6 Å². The van der Waals surface area contributed by atoms with Gasteiger partial charge in [0.05, 0.1) is 4.91 Å². The van der Waals surface area contributed by atoms with Crippen LogP contribution in [0.15, 0.2) is 59.5 Å². The molecule has 0 aliphatic carbocycles. The summed E-state index contributed by atoms with van der Waals surface area (Å²) in [5.41, 5.74) is 8.28. The Labute approximate surface area is 139 Å². The Morgan fingerprint density at radius 2 is 1.83 bits per heavy atom. The van der Waals surface area contributed by atoms with E-state index < -0.39 is 0 Å². The molecule has 1 heterocycles. The molecular formula is C18H16N2O2S. The van der Waals surface area contributed by atoms with Crippen LogP contribution >= 0.6 is 11.8 Å². The lowest BCUT2D eigenvalue weighted by Crippen LogP contribution is -2.30. The number of imide groups is 1. The van der Waals surface area contributed by atoms with Crippen LogP contribution in [-0.2, 0) is 11.2 Å². The quantitative estimate of drug-likeness (QED) is 0.690. The summed E-state index contributed by atoms with van der Waals surface area (Å²) in [6.07, 6.45) is 2.37. The summed E-state index contributed by atoms with van der Waals surface area (Å²) in [5, 5.41) is -0.221. The van der Waals surface area contributed by atoms with Gasteiger partial charge in [0, 0.05) is 12.2 Å². The molecule has 0 saturated carbocycles. The van der Waals surface area contributed by atoms with Gasteiger partial charge in [-0.05, 0) is 47.5 Å². The predicted octanol–water partition coefficient (Wildman–Crippen LogP) is 3.55. The number of thioether (sulfide) groups is 1.